The Morgan fingerprint density at radius 1 is 1.07 bits per heavy atom. The third-order valence-electron chi connectivity index (χ3n) is 6.01. The van der Waals surface area contributed by atoms with Crippen LogP contribution in [0.25, 0.3) is 0 Å². The van der Waals surface area contributed by atoms with Crippen molar-refractivity contribution in [3.63, 3.8) is 0 Å². The summed E-state index contributed by atoms with van der Waals surface area (Å²) in [6, 6.07) is 17.6. The fourth-order valence-electron chi connectivity index (χ4n) is 4.61. The van der Waals surface area contributed by atoms with E-state index in [2.05, 4.69) is 34.9 Å². The molecule has 1 aliphatic carbocycles. The van der Waals surface area contributed by atoms with E-state index in [-0.39, 0.29) is 17.7 Å². The van der Waals surface area contributed by atoms with Crippen LogP contribution >= 0.6 is 0 Å². The summed E-state index contributed by atoms with van der Waals surface area (Å²) in [5.41, 5.74) is 1.81. The lowest BCUT2D eigenvalue weighted by Gasteiger charge is -2.42. The molecule has 3 N–H and O–H groups in total. The fourth-order valence-corrected chi connectivity index (χ4v) is 4.61. The maximum Gasteiger partial charge on any atom is 0.228 e. The normalized spacial score (nSPS) is 17.0. The molecule has 1 aliphatic rings. The van der Waals surface area contributed by atoms with Crippen molar-refractivity contribution in [1.29, 1.82) is 0 Å². The third-order valence-corrected chi connectivity index (χ3v) is 6.01. The number of hydrogen-bond acceptors (Lipinski definition) is 3. The van der Waals surface area contributed by atoms with Crippen LogP contribution in [-0.4, -0.2) is 24.6 Å². The minimum atomic E-state index is -0.465. The number of nitrogens with one attached hydrogen (secondary N) is 2. The van der Waals surface area contributed by atoms with Gasteiger partial charge in [0.2, 0.25) is 5.91 Å². The molecule has 0 radical (unpaired) electrons. The monoisotopic (exact) mass is 380 g/mol. The van der Waals surface area contributed by atoms with Gasteiger partial charge in [0.15, 0.2) is 0 Å². The lowest BCUT2D eigenvalue weighted by atomic mass is 9.66. The highest BCUT2D eigenvalue weighted by Crippen LogP contribution is 2.46. The predicted molar refractivity (Wildman–Crippen MR) is 113 cm³/mol. The Hall–Kier alpha value is -2.33. The first-order valence-electron chi connectivity index (χ1n) is 10.4. The molecule has 0 bridgehead atoms. The van der Waals surface area contributed by atoms with Crippen molar-refractivity contribution in [2.45, 2.75) is 51.0 Å². The van der Waals surface area contributed by atoms with E-state index >= 15 is 0 Å². The van der Waals surface area contributed by atoms with E-state index < -0.39 is 5.41 Å². The number of carbonyl (C=O) groups is 1. The predicted octanol–water partition coefficient (Wildman–Crippen LogP) is 4.35. The van der Waals surface area contributed by atoms with Crippen LogP contribution in [0.3, 0.4) is 0 Å². The van der Waals surface area contributed by atoms with Gasteiger partial charge in [0, 0.05) is 12.6 Å². The fraction of sp³-hybridized carbons (Fsp3) is 0.458. The van der Waals surface area contributed by atoms with Crippen LogP contribution in [0.4, 0.5) is 0 Å². The Morgan fingerprint density at radius 3 is 2.50 bits per heavy atom. The number of aryl methyl sites for hydroxylation is 1. The van der Waals surface area contributed by atoms with Crippen molar-refractivity contribution in [2.24, 2.45) is 5.41 Å². The lowest BCUT2D eigenvalue weighted by molar-refractivity contribution is -0.135. The number of carbonyl (C=O) groups excluding carboxylic acids is 1. The SMILES string of the molecule is CNC(c1cccc(O)c1)C1(C(=O)NCCCc2ccccc2)CCCCC1. The highest BCUT2D eigenvalue weighted by molar-refractivity contribution is 5.84. The molecule has 0 saturated heterocycles. The highest BCUT2D eigenvalue weighted by Gasteiger charge is 2.46. The average Bonchev–Trinajstić information content (AvgIpc) is 2.73. The molecule has 1 atom stereocenters. The van der Waals surface area contributed by atoms with Crippen molar-refractivity contribution in [3.8, 4) is 5.75 Å². The van der Waals surface area contributed by atoms with Crippen LogP contribution < -0.4 is 10.6 Å². The van der Waals surface area contributed by atoms with E-state index in [1.807, 2.05) is 25.2 Å². The zero-order chi connectivity index (χ0) is 19.8. The van der Waals surface area contributed by atoms with Gasteiger partial charge in [-0.1, -0.05) is 61.7 Å². The number of phenolic OH excluding ortho intramolecular Hbond substituents is 1. The average molecular weight is 381 g/mol. The molecule has 1 fully saturated rings. The minimum Gasteiger partial charge on any atom is -0.508 e. The van der Waals surface area contributed by atoms with Crippen molar-refractivity contribution in [3.05, 3.63) is 65.7 Å². The summed E-state index contributed by atoms with van der Waals surface area (Å²) in [5, 5.41) is 16.5. The van der Waals surface area contributed by atoms with Crippen molar-refractivity contribution >= 4 is 5.91 Å². The molecule has 2 aromatic rings. The molecule has 0 heterocycles. The summed E-state index contributed by atoms with van der Waals surface area (Å²) >= 11 is 0. The molecule has 4 heteroatoms. The van der Waals surface area contributed by atoms with E-state index in [0.717, 1.165) is 44.1 Å². The topological polar surface area (TPSA) is 61.4 Å². The zero-order valence-corrected chi connectivity index (χ0v) is 16.8. The quantitative estimate of drug-likeness (QED) is 0.597. The van der Waals surface area contributed by atoms with Gasteiger partial charge in [-0.3, -0.25) is 4.79 Å². The standard InChI is InChI=1S/C24H32N2O2/c1-25-22(20-13-8-14-21(27)18-20)24(15-6-3-7-16-24)23(28)26-17-9-12-19-10-4-2-5-11-19/h2,4-5,8,10-11,13-14,18,22,25,27H,3,6-7,9,12,15-17H2,1H3,(H,26,28). The van der Waals surface area contributed by atoms with Gasteiger partial charge in [-0.2, -0.15) is 0 Å². The Kier molecular flexibility index (Phi) is 7.10. The molecule has 0 aromatic heterocycles. The van der Waals surface area contributed by atoms with Gasteiger partial charge in [-0.15, -0.1) is 0 Å². The van der Waals surface area contributed by atoms with Gasteiger partial charge >= 0.3 is 0 Å². The third kappa shape index (κ3) is 4.74. The molecular weight excluding hydrogens is 348 g/mol. The summed E-state index contributed by atoms with van der Waals surface area (Å²) in [6.07, 6.45) is 6.96. The summed E-state index contributed by atoms with van der Waals surface area (Å²) in [5.74, 6) is 0.384. The molecule has 1 unspecified atom stereocenters. The summed E-state index contributed by atoms with van der Waals surface area (Å²) < 4.78 is 0. The molecule has 2 aromatic carbocycles. The Labute approximate surface area is 168 Å². The van der Waals surface area contributed by atoms with Crippen molar-refractivity contribution in [1.82, 2.24) is 10.6 Å². The maximum absolute atomic E-state index is 13.4. The number of phenols is 1. The smallest absolute Gasteiger partial charge is 0.228 e. The van der Waals surface area contributed by atoms with Gasteiger partial charge in [0.25, 0.3) is 0 Å². The first-order valence-corrected chi connectivity index (χ1v) is 10.4. The summed E-state index contributed by atoms with van der Waals surface area (Å²) in [7, 11) is 1.91. The van der Waals surface area contributed by atoms with Crippen molar-refractivity contribution in [2.75, 3.05) is 13.6 Å². The van der Waals surface area contributed by atoms with Gasteiger partial charge in [-0.25, -0.2) is 0 Å². The Bertz CT molecular complexity index is 754. The number of aromatic hydroxyl groups is 1. The van der Waals surface area contributed by atoms with Crippen LogP contribution in [0.2, 0.25) is 0 Å². The molecule has 150 valence electrons. The first-order chi connectivity index (χ1) is 13.7. The second kappa shape index (κ2) is 9.74. The van der Waals surface area contributed by atoms with Gasteiger partial charge in [-0.05, 0) is 56.0 Å². The first kappa shape index (κ1) is 20.4. The molecule has 0 aliphatic heterocycles. The van der Waals surface area contributed by atoms with Crippen LogP contribution in [0, 0.1) is 5.41 Å². The van der Waals surface area contributed by atoms with E-state index in [0.29, 0.717) is 6.54 Å². The molecule has 1 saturated carbocycles. The summed E-state index contributed by atoms with van der Waals surface area (Å²) in [6.45, 7) is 0.686. The van der Waals surface area contributed by atoms with E-state index in [1.165, 1.54) is 12.0 Å². The Morgan fingerprint density at radius 2 is 1.82 bits per heavy atom. The lowest BCUT2D eigenvalue weighted by Crippen LogP contribution is -2.50. The molecule has 0 spiro atoms. The molecule has 3 rings (SSSR count). The van der Waals surface area contributed by atoms with Crippen LogP contribution in [0.1, 0.15) is 55.7 Å². The highest BCUT2D eigenvalue weighted by atomic mass is 16.3. The number of rotatable bonds is 8. The van der Waals surface area contributed by atoms with E-state index in [9.17, 15) is 9.90 Å². The van der Waals surface area contributed by atoms with Crippen molar-refractivity contribution < 1.29 is 9.90 Å². The van der Waals surface area contributed by atoms with E-state index in [1.54, 1.807) is 12.1 Å². The number of amides is 1. The van der Waals surface area contributed by atoms with Crippen LogP contribution in [0.5, 0.6) is 5.75 Å². The second-order valence-corrected chi connectivity index (χ2v) is 7.88. The van der Waals surface area contributed by atoms with Gasteiger partial charge < -0.3 is 15.7 Å². The largest absolute Gasteiger partial charge is 0.508 e. The summed E-state index contributed by atoms with van der Waals surface area (Å²) in [4.78, 5) is 13.4. The molecular formula is C24H32N2O2. The Balaban J connectivity index is 1.69. The number of hydrogen-bond donors (Lipinski definition) is 3. The second-order valence-electron chi connectivity index (χ2n) is 7.88. The van der Waals surface area contributed by atoms with Gasteiger partial charge in [0.1, 0.15) is 5.75 Å². The molecule has 1 amide bonds. The molecule has 4 nitrogen and oxygen atoms in total. The zero-order valence-electron chi connectivity index (χ0n) is 16.8. The maximum atomic E-state index is 13.4. The van der Waals surface area contributed by atoms with Gasteiger partial charge in [0.05, 0.1) is 5.41 Å². The number of benzene rings is 2. The van der Waals surface area contributed by atoms with E-state index in [4.69, 9.17) is 0 Å². The van der Waals surface area contributed by atoms with Crippen LogP contribution in [-0.2, 0) is 11.2 Å². The minimum absolute atomic E-state index is 0.103. The van der Waals surface area contributed by atoms with Crippen LogP contribution in [0.15, 0.2) is 54.6 Å². The molecule has 28 heavy (non-hydrogen) atoms.